The Morgan fingerprint density at radius 3 is 2.27 bits per heavy atom. The third kappa shape index (κ3) is 4.41. The van der Waals surface area contributed by atoms with E-state index in [1.165, 1.54) is 0 Å². The molecule has 26 heavy (non-hydrogen) atoms. The van der Waals surface area contributed by atoms with E-state index in [1.54, 1.807) is 24.5 Å². The van der Waals surface area contributed by atoms with Crippen LogP contribution in [0.3, 0.4) is 0 Å². The van der Waals surface area contributed by atoms with Gasteiger partial charge in [-0.05, 0) is 58.3 Å². The minimum absolute atomic E-state index is 0.0434. The van der Waals surface area contributed by atoms with Crippen molar-refractivity contribution in [2.24, 2.45) is 5.92 Å². The van der Waals surface area contributed by atoms with Gasteiger partial charge < -0.3 is 14.7 Å². The van der Waals surface area contributed by atoms with Gasteiger partial charge in [0.1, 0.15) is 0 Å². The van der Waals surface area contributed by atoms with Gasteiger partial charge >= 0.3 is 0 Å². The molecule has 2 aliphatic heterocycles. The van der Waals surface area contributed by atoms with Crippen LogP contribution in [0, 0.1) is 5.92 Å². The summed E-state index contributed by atoms with van der Waals surface area (Å²) in [5.41, 5.74) is 0.673. The summed E-state index contributed by atoms with van der Waals surface area (Å²) in [7, 11) is 4.25. The quantitative estimate of drug-likeness (QED) is 0.828. The molecular formula is C20H30N4O2. The van der Waals surface area contributed by atoms with Crippen molar-refractivity contribution in [2.45, 2.75) is 38.1 Å². The highest BCUT2D eigenvalue weighted by molar-refractivity contribution is 5.94. The van der Waals surface area contributed by atoms with E-state index in [-0.39, 0.29) is 11.8 Å². The van der Waals surface area contributed by atoms with Gasteiger partial charge in [-0.2, -0.15) is 0 Å². The molecule has 0 spiro atoms. The first-order chi connectivity index (χ1) is 12.6. The van der Waals surface area contributed by atoms with Crippen LogP contribution < -0.4 is 0 Å². The zero-order chi connectivity index (χ0) is 18.5. The van der Waals surface area contributed by atoms with E-state index in [1.807, 2.05) is 4.90 Å². The number of amides is 2. The Hall–Kier alpha value is -1.95. The third-order valence-corrected chi connectivity index (χ3v) is 5.80. The zero-order valence-electron chi connectivity index (χ0n) is 15.9. The molecule has 0 N–H and O–H groups in total. The highest BCUT2D eigenvalue weighted by Crippen LogP contribution is 2.23. The Balaban J connectivity index is 1.51. The summed E-state index contributed by atoms with van der Waals surface area (Å²) in [6.07, 6.45) is 8.11. The maximum Gasteiger partial charge on any atom is 0.253 e. The summed E-state index contributed by atoms with van der Waals surface area (Å²) in [5, 5.41) is 0. The number of piperidine rings is 1. The smallest absolute Gasteiger partial charge is 0.253 e. The molecule has 0 aliphatic carbocycles. The Kier molecular flexibility index (Phi) is 6.25. The first-order valence-corrected chi connectivity index (χ1v) is 9.71. The first kappa shape index (κ1) is 18.8. The molecule has 6 heteroatoms. The summed E-state index contributed by atoms with van der Waals surface area (Å²) < 4.78 is 0. The minimum atomic E-state index is 0.0434. The van der Waals surface area contributed by atoms with Gasteiger partial charge in [-0.15, -0.1) is 0 Å². The average Bonchev–Trinajstić information content (AvgIpc) is 2.94. The predicted octanol–water partition coefficient (Wildman–Crippen LogP) is 1.88. The standard InChI is InChI=1S/C20H30N4O2/c1-22(2)18-4-3-12-23(15-9-18)20(26)17-7-13-24(14-8-17)19(25)16-5-10-21-11-6-16/h5-6,10-11,17-18H,3-4,7-9,12-15H2,1-2H3. The van der Waals surface area contributed by atoms with Gasteiger partial charge in [0.05, 0.1) is 0 Å². The van der Waals surface area contributed by atoms with Crippen LogP contribution in [0.5, 0.6) is 0 Å². The minimum Gasteiger partial charge on any atom is -0.342 e. The second-order valence-electron chi connectivity index (χ2n) is 7.68. The molecule has 2 aliphatic rings. The normalized spacial score (nSPS) is 22.3. The summed E-state index contributed by atoms with van der Waals surface area (Å²) in [6.45, 7) is 3.05. The fourth-order valence-electron chi connectivity index (χ4n) is 4.08. The van der Waals surface area contributed by atoms with Gasteiger partial charge in [-0.25, -0.2) is 0 Å². The van der Waals surface area contributed by atoms with Crippen LogP contribution in [-0.4, -0.2) is 77.8 Å². The fraction of sp³-hybridized carbons (Fsp3) is 0.650. The van der Waals surface area contributed by atoms with Crippen molar-refractivity contribution >= 4 is 11.8 Å². The lowest BCUT2D eigenvalue weighted by Gasteiger charge is -2.34. The number of likely N-dealkylation sites (tertiary alicyclic amines) is 2. The summed E-state index contributed by atoms with van der Waals surface area (Å²) in [6, 6.07) is 4.07. The van der Waals surface area contributed by atoms with E-state index in [0.717, 1.165) is 45.2 Å². The molecule has 3 rings (SSSR count). The Morgan fingerprint density at radius 1 is 0.962 bits per heavy atom. The van der Waals surface area contributed by atoms with Crippen molar-refractivity contribution < 1.29 is 9.59 Å². The summed E-state index contributed by atoms with van der Waals surface area (Å²) >= 11 is 0. The van der Waals surface area contributed by atoms with Crippen LogP contribution in [0.2, 0.25) is 0 Å². The zero-order valence-corrected chi connectivity index (χ0v) is 15.9. The lowest BCUT2D eigenvalue weighted by molar-refractivity contribution is -0.136. The highest BCUT2D eigenvalue weighted by Gasteiger charge is 2.31. The van der Waals surface area contributed by atoms with Gasteiger partial charge in [0.15, 0.2) is 0 Å². The lowest BCUT2D eigenvalue weighted by atomic mass is 9.94. The molecule has 3 heterocycles. The van der Waals surface area contributed by atoms with Crippen LogP contribution in [0.4, 0.5) is 0 Å². The molecule has 1 aromatic heterocycles. The molecule has 2 saturated heterocycles. The number of hydrogen-bond acceptors (Lipinski definition) is 4. The van der Waals surface area contributed by atoms with Gasteiger partial charge in [0.2, 0.25) is 5.91 Å². The van der Waals surface area contributed by atoms with Crippen molar-refractivity contribution in [3.8, 4) is 0 Å². The number of hydrogen-bond donors (Lipinski definition) is 0. The molecular weight excluding hydrogens is 328 g/mol. The summed E-state index contributed by atoms with van der Waals surface area (Å²) in [5.74, 6) is 0.398. The second-order valence-corrected chi connectivity index (χ2v) is 7.68. The molecule has 1 aromatic rings. The molecule has 1 unspecified atom stereocenters. The molecule has 0 aromatic carbocycles. The van der Waals surface area contributed by atoms with E-state index in [0.29, 0.717) is 30.6 Å². The van der Waals surface area contributed by atoms with Gasteiger partial charge in [0.25, 0.3) is 5.91 Å². The number of rotatable bonds is 3. The Labute approximate surface area is 156 Å². The Bertz CT molecular complexity index is 611. The second kappa shape index (κ2) is 8.62. The van der Waals surface area contributed by atoms with Crippen LogP contribution in [-0.2, 0) is 4.79 Å². The van der Waals surface area contributed by atoms with Crippen LogP contribution >= 0.6 is 0 Å². The molecule has 1 atom stereocenters. The lowest BCUT2D eigenvalue weighted by Crippen LogP contribution is -2.44. The number of carbonyl (C=O) groups is 2. The van der Waals surface area contributed by atoms with Crippen molar-refractivity contribution in [3.63, 3.8) is 0 Å². The maximum absolute atomic E-state index is 12.9. The van der Waals surface area contributed by atoms with Crippen molar-refractivity contribution in [3.05, 3.63) is 30.1 Å². The molecule has 0 radical (unpaired) electrons. The van der Waals surface area contributed by atoms with Crippen molar-refractivity contribution in [1.82, 2.24) is 19.7 Å². The fourth-order valence-corrected chi connectivity index (χ4v) is 4.08. The van der Waals surface area contributed by atoms with Crippen LogP contribution in [0.15, 0.2) is 24.5 Å². The van der Waals surface area contributed by atoms with E-state index < -0.39 is 0 Å². The number of carbonyl (C=O) groups excluding carboxylic acids is 2. The molecule has 6 nitrogen and oxygen atoms in total. The molecule has 2 amide bonds. The van der Waals surface area contributed by atoms with Crippen molar-refractivity contribution in [2.75, 3.05) is 40.3 Å². The summed E-state index contributed by atoms with van der Waals surface area (Å²) in [4.78, 5) is 35.6. The Morgan fingerprint density at radius 2 is 1.62 bits per heavy atom. The SMILES string of the molecule is CN(C)C1CCCN(C(=O)C2CCN(C(=O)c3ccncc3)CC2)CC1. The van der Waals surface area contributed by atoms with E-state index >= 15 is 0 Å². The maximum atomic E-state index is 12.9. The van der Waals surface area contributed by atoms with Gasteiger partial charge in [-0.1, -0.05) is 0 Å². The third-order valence-electron chi connectivity index (χ3n) is 5.80. The number of pyridine rings is 1. The molecule has 0 saturated carbocycles. The number of nitrogens with zero attached hydrogens (tertiary/aromatic N) is 4. The molecule has 142 valence electrons. The number of aromatic nitrogens is 1. The predicted molar refractivity (Wildman–Crippen MR) is 101 cm³/mol. The highest BCUT2D eigenvalue weighted by atomic mass is 16.2. The van der Waals surface area contributed by atoms with Gasteiger partial charge in [-0.3, -0.25) is 14.6 Å². The first-order valence-electron chi connectivity index (χ1n) is 9.71. The van der Waals surface area contributed by atoms with E-state index in [9.17, 15) is 9.59 Å². The van der Waals surface area contributed by atoms with E-state index in [2.05, 4.69) is 28.9 Å². The van der Waals surface area contributed by atoms with Crippen LogP contribution in [0.1, 0.15) is 42.5 Å². The van der Waals surface area contributed by atoms with Crippen LogP contribution in [0.25, 0.3) is 0 Å². The largest absolute Gasteiger partial charge is 0.342 e. The molecule has 2 fully saturated rings. The van der Waals surface area contributed by atoms with Gasteiger partial charge in [0, 0.05) is 56.1 Å². The monoisotopic (exact) mass is 358 g/mol. The van der Waals surface area contributed by atoms with Crippen molar-refractivity contribution in [1.29, 1.82) is 0 Å². The molecule has 0 bridgehead atoms. The van der Waals surface area contributed by atoms with E-state index in [4.69, 9.17) is 0 Å². The topological polar surface area (TPSA) is 56.8 Å². The average molecular weight is 358 g/mol.